The van der Waals surface area contributed by atoms with Gasteiger partial charge in [-0.05, 0) is 80.1 Å². The molecule has 0 radical (unpaired) electrons. The first-order valence-electron chi connectivity index (χ1n) is 13.8. The lowest BCUT2D eigenvalue weighted by Crippen LogP contribution is -2.23. The maximum Gasteiger partial charge on any atom is 0.291 e. The fourth-order valence-electron chi connectivity index (χ4n) is 4.60. The van der Waals surface area contributed by atoms with E-state index in [4.69, 9.17) is 19.3 Å². The molecule has 0 N–H and O–H groups in total. The molecule has 0 fully saturated rings. The van der Waals surface area contributed by atoms with Crippen LogP contribution in [0.15, 0.2) is 83.8 Å². The molecular formula is C33H29N5O4S. The van der Waals surface area contributed by atoms with Gasteiger partial charge in [-0.15, -0.1) is 5.10 Å². The Morgan fingerprint density at radius 3 is 2.40 bits per heavy atom. The minimum atomic E-state index is -0.236. The molecule has 0 unspecified atom stereocenters. The molecule has 3 heterocycles. The van der Waals surface area contributed by atoms with Crippen molar-refractivity contribution in [2.75, 3.05) is 20.3 Å². The van der Waals surface area contributed by atoms with Gasteiger partial charge in [0.1, 0.15) is 11.4 Å². The Labute approximate surface area is 251 Å². The van der Waals surface area contributed by atoms with Crippen molar-refractivity contribution in [1.82, 2.24) is 24.4 Å². The molecule has 0 saturated carbocycles. The van der Waals surface area contributed by atoms with E-state index < -0.39 is 0 Å². The third-order valence-electron chi connectivity index (χ3n) is 6.60. The van der Waals surface area contributed by atoms with Crippen LogP contribution in [0.25, 0.3) is 40.1 Å². The van der Waals surface area contributed by atoms with Gasteiger partial charge < -0.3 is 14.2 Å². The molecular weight excluding hydrogens is 562 g/mol. The number of para-hydroxylation sites is 1. The average Bonchev–Trinajstić information content (AvgIpc) is 3.72. The molecule has 6 aromatic rings. The number of fused-ring (bicyclic) bond motifs is 1. The number of hydrogen-bond acceptors (Lipinski definition) is 8. The molecule has 0 amide bonds. The molecule has 0 aliphatic rings. The number of hydrogen-bond donors (Lipinski definition) is 0. The number of rotatable bonds is 10. The van der Waals surface area contributed by atoms with Crippen molar-refractivity contribution in [2.45, 2.75) is 13.8 Å². The third-order valence-corrected chi connectivity index (χ3v) is 7.56. The Hall–Kier alpha value is -5.22. The van der Waals surface area contributed by atoms with Crippen molar-refractivity contribution in [1.29, 1.82) is 0 Å². The van der Waals surface area contributed by atoms with Gasteiger partial charge in [-0.2, -0.15) is 14.6 Å². The van der Waals surface area contributed by atoms with E-state index in [-0.39, 0.29) is 5.56 Å². The average molecular weight is 592 g/mol. The van der Waals surface area contributed by atoms with E-state index in [1.807, 2.05) is 110 Å². The number of thiazole rings is 1. The first-order valence-corrected chi connectivity index (χ1v) is 14.7. The second-order valence-electron chi connectivity index (χ2n) is 9.43. The van der Waals surface area contributed by atoms with Gasteiger partial charge in [0.2, 0.25) is 4.96 Å². The monoisotopic (exact) mass is 591 g/mol. The number of nitrogens with zero attached hydrogens (tertiary/aromatic N) is 5. The van der Waals surface area contributed by atoms with Crippen molar-refractivity contribution in [3.63, 3.8) is 0 Å². The quantitative estimate of drug-likeness (QED) is 0.207. The minimum Gasteiger partial charge on any atom is -0.494 e. The highest BCUT2D eigenvalue weighted by Crippen LogP contribution is 2.29. The van der Waals surface area contributed by atoms with E-state index in [2.05, 4.69) is 10.1 Å². The first-order chi connectivity index (χ1) is 21.1. The van der Waals surface area contributed by atoms with Crippen molar-refractivity contribution in [2.24, 2.45) is 0 Å². The SMILES string of the molecule is CCOc1ccc(-c2nn(-c3ccccc3)cc2/C=c2\sc3nc(/C=C/c4ccc(OCC)c(OC)c4)nn3c2=O)cc1. The van der Waals surface area contributed by atoms with Crippen LogP contribution in [0, 0.1) is 0 Å². The van der Waals surface area contributed by atoms with E-state index in [1.54, 1.807) is 13.2 Å². The Balaban J connectivity index is 1.34. The molecule has 3 aromatic heterocycles. The summed E-state index contributed by atoms with van der Waals surface area (Å²) in [5, 5.41) is 9.32. The maximum absolute atomic E-state index is 13.4. The molecule has 0 atom stereocenters. The van der Waals surface area contributed by atoms with E-state index in [0.717, 1.165) is 33.8 Å². The summed E-state index contributed by atoms with van der Waals surface area (Å²) in [5.74, 6) is 2.56. The molecule has 216 valence electrons. The Bertz CT molecular complexity index is 2010. The zero-order valence-electron chi connectivity index (χ0n) is 23.9. The number of benzene rings is 3. The normalized spacial score (nSPS) is 11.9. The van der Waals surface area contributed by atoms with Gasteiger partial charge in [-0.1, -0.05) is 41.7 Å². The van der Waals surface area contributed by atoms with Crippen LogP contribution in [0.2, 0.25) is 0 Å². The second-order valence-corrected chi connectivity index (χ2v) is 10.4. The molecule has 6 rings (SSSR count). The molecule has 9 nitrogen and oxygen atoms in total. The van der Waals surface area contributed by atoms with Crippen LogP contribution in [-0.2, 0) is 0 Å². The van der Waals surface area contributed by atoms with Crippen LogP contribution in [0.1, 0.15) is 30.8 Å². The summed E-state index contributed by atoms with van der Waals surface area (Å²) in [7, 11) is 1.61. The zero-order chi connectivity index (χ0) is 29.8. The third kappa shape index (κ3) is 5.91. The molecule has 10 heteroatoms. The molecule has 0 bridgehead atoms. The number of methoxy groups -OCH3 is 1. The molecule has 3 aromatic carbocycles. The van der Waals surface area contributed by atoms with Gasteiger partial charge in [-0.3, -0.25) is 4.79 Å². The lowest BCUT2D eigenvalue weighted by atomic mass is 10.1. The Kier molecular flexibility index (Phi) is 8.01. The lowest BCUT2D eigenvalue weighted by molar-refractivity contribution is 0.311. The van der Waals surface area contributed by atoms with E-state index in [0.29, 0.717) is 40.0 Å². The van der Waals surface area contributed by atoms with Gasteiger partial charge >= 0.3 is 0 Å². The summed E-state index contributed by atoms with van der Waals surface area (Å²) in [6, 6.07) is 23.3. The largest absolute Gasteiger partial charge is 0.494 e. The van der Waals surface area contributed by atoms with Gasteiger partial charge in [-0.25, -0.2) is 4.68 Å². The van der Waals surface area contributed by atoms with Gasteiger partial charge in [0.05, 0.1) is 30.5 Å². The van der Waals surface area contributed by atoms with Crippen LogP contribution >= 0.6 is 11.3 Å². The molecule has 43 heavy (non-hydrogen) atoms. The molecule has 0 aliphatic carbocycles. The minimum absolute atomic E-state index is 0.236. The van der Waals surface area contributed by atoms with Gasteiger partial charge in [0.25, 0.3) is 5.56 Å². The molecule has 0 saturated heterocycles. The smallest absolute Gasteiger partial charge is 0.291 e. The van der Waals surface area contributed by atoms with Crippen LogP contribution in [-0.4, -0.2) is 44.7 Å². The lowest BCUT2D eigenvalue weighted by Gasteiger charge is -2.09. The standard InChI is InChI=1S/C33H29N5O4S/c1-4-41-26-15-13-23(14-16-26)31-24(21-37(36-31)25-9-7-6-8-10-25)20-29-32(39)38-33(43-29)34-30(35-38)18-12-22-11-17-27(42-5-2)28(19-22)40-3/h6-21H,4-5H2,1-3H3/b18-12+,29-20-. The van der Waals surface area contributed by atoms with Crippen LogP contribution in [0.3, 0.4) is 0 Å². The van der Waals surface area contributed by atoms with Gasteiger partial charge in [0, 0.05) is 17.3 Å². The predicted octanol–water partition coefficient (Wildman–Crippen LogP) is 5.53. The van der Waals surface area contributed by atoms with Crippen molar-refractivity contribution in [3.8, 4) is 34.2 Å². The van der Waals surface area contributed by atoms with Gasteiger partial charge in [0.15, 0.2) is 17.3 Å². The Morgan fingerprint density at radius 2 is 1.67 bits per heavy atom. The number of ether oxygens (including phenoxy) is 3. The summed E-state index contributed by atoms with van der Waals surface area (Å²) in [6.07, 6.45) is 7.42. The summed E-state index contributed by atoms with van der Waals surface area (Å²) < 4.78 is 20.3. The zero-order valence-corrected chi connectivity index (χ0v) is 24.7. The summed E-state index contributed by atoms with van der Waals surface area (Å²) in [5.41, 5.74) is 4.04. The van der Waals surface area contributed by atoms with E-state index in [9.17, 15) is 4.79 Å². The molecule has 0 spiro atoms. The van der Waals surface area contributed by atoms with Crippen molar-refractivity contribution >= 4 is 34.5 Å². The predicted molar refractivity (Wildman–Crippen MR) is 169 cm³/mol. The second kappa shape index (κ2) is 12.3. The highest BCUT2D eigenvalue weighted by molar-refractivity contribution is 7.15. The van der Waals surface area contributed by atoms with Crippen molar-refractivity contribution < 1.29 is 14.2 Å². The number of aromatic nitrogens is 5. The summed E-state index contributed by atoms with van der Waals surface area (Å²) >= 11 is 1.29. The first kappa shape index (κ1) is 27.9. The van der Waals surface area contributed by atoms with Crippen LogP contribution in [0.4, 0.5) is 0 Å². The summed E-state index contributed by atoms with van der Waals surface area (Å²) in [4.78, 5) is 18.5. The molecule has 0 aliphatic heterocycles. The summed E-state index contributed by atoms with van der Waals surface area (Å²) in [6.45, 7) is 5.02. The highest BCUT2D eigenvalue weighted by Gasteiger charge is 2.14. The van der Waals surface area contributed by atoms with Crippen molar-refractivity contribution in [3.05, 3.63) is 111 Å². The fraction of sp³-hybridized carbons (Fsp3) is 0.152. The van der Waals surface area contributed by atoms with E-state index in [1.165, 1.54) is 15.9 Å². The van der Waals surface area contributed by atoms with Crippen LogP contribution in [0.5, 0.6) is 17.2 Å². The Morgan fingerprint density at radius 1 is 0.884 bits per heavy atom. The van der Waals surface area contributed by atoms with Crippen LogP contribution < -0.4 is 24.3 Å². The topological polar surface area (TPSA) is 92.8 Å². The van der Waals surface area contributed by atoms with E-state index >= 15 is 0 Å². The maximum atomic E-state index is 13.4. The fourth-order valence-corrected chi connectivity index (χ4v) is 5.51. The highest BCUT2D eigenvalue weighted by atomic mass is 32.1.